The van der Waals surface area contributed by atoms with Gasteiger partial charge in [0.1, 0.15) is 11.0 Å². The zero-order valence-corrected chi connectivity index (χ0v) is 16.7. The molecule has 0 N–H and O–H groups in total. The van der Waals surface area contributed by atoms with Crippen LogP contribution in [0.5, 0.6) is 0 Å². The summed E-state index contributed by atoms with van der Waals surface area (Å²) in [6.45, 7) is 10.2. The summed E-state index contributed by atoms with van der Waals surface area (Å²) in [7, 11) is -1.30. The maximum absolute atomic E-state index is 12.5. The fourth-order valence-corrected chi connectivity index (χ4v) is 3.05. The summed E-state index contributed by atoms with van der Waals surface area (Å²) in [6, 6.07) is 7.25. The number of ether oxygens (including phenoxy) is 1. The summed E-state index contributed by atoms with van der Waals surface area (Å²) in [4.78, 5) is 11.8. The van der Waals surface area contributed by atoms with E-state index in [1.54, 1.807) is 19.1 Å². The van der Waals surface area contributed by atoms with Crippen molar-refractivity contribution in [2.75, 3.05) is 6.61 Å². The molecule has 2 rings (SSSR count). The average Bonchev–Trinajstić information content (AvgIpc) is 3.28. The molecule has 0 aliphatic heterocycles. The molecule has 0 heterocycles. The molecule has 1 aliphatic rings. The van der Waals surface area contributed by atoms with E-state index in [9.17, 15) is 9.00 Å². The number of hydrogen-bond donors (Lipinski definition) is 0. The summed E-state index contributed by atoms with van der Waals surface area (Å²) in [6.07, 6.45) is 4.36. The summed E-state index contributed by atoms with van der Waals surface area (Å²) in [5.74, 6) is -0.323. The number of carbonyl (C=O) groups excluding carboxylic acids is 1. The van der Waals surface area contributed by atoms with Gasteiger partial charge in [-0.2, -0.15) is 4.40 Å². The Bertz CT molecular complexity index is 667. The number of nitrogens with zero attached hydrogens (tertiary/aromatic N) is 1. The fraction of sp³-hybridized carbons (Fsp3) is 0.600. The lowest BCUT2D eigenvalue weighted by molar-refractivity contribution is 0.0526. The Kier molecular flexibility index (Phi) is 6.20. The van der Waals surface area contributed by atoms with Crippen molar-refractivity contribution < 1.29 is 13.7 Å². The molecule has 4 nitrogen and oxygen atoms in total. The molecule has 1 atom stereocenters. The van der Waals surface area contributed by atoms with Crippen molar-refractivity contribution in [1.82, 2.24) is 0 Å². The summed E-state index contributed by atoms with van der Waals surface area (Å²) >= 11 is 0. The summed E-state index contributed by atoms with van der Waals surface area (Å²) < 4.78 is 21.7. The molecule has 0 bridgehead atoms. The molecule has 5 heteroatoms. The number of hydrogen-bond acceptors (Lipinski definition) is 3. The van der Waals surface area contributed by atoms with Crippen LogP contribution in [0.25, 0.3) is 0 Å². The Hall–Kier alpha value is -1.49. The Balaban J connectivity index is 2.23. The van der Waals surface area contributed by atoms with Gasteiger partial charge >= 0.3 is 5.97 Å². The second kappa shape index (κ2) is 7.81. The zero-order chi connectivity index (χ0) is 18.7. The molecule has 25 heavy (non-hydrogen) atoms. The van der Waals surface area contributed by atoms with Crippen molar-refractivity contribution in [3.8, 4) is 0 Å². The molecule has 0 aromatic heterocycles. The monoisotopic (exact) mass is 363 g/mol. The lowest BCUT2D eigenvalue weighted by Gasteiger charge is -2.16. The quantitative estimate of drug-likeness (QED) is 0.521. The van der Waals surface area contributed by atoms with Crippen LogP contribution in [-0.2, 0) is 15.7 Å². The van der Waals surface area contributed by atoms with E-state index in [-0.39, 0.29) is 10.7 Å². The highest BCUT2D eigenvalue weighted by Gasteiger charge is 2.36. The van der Waals surface area contributed by atoms with Crippen LogP contribution in [0.2, 0.25) is 0 Å². The highest BCUT2D eigenvalue weighted by atomic mass is 32.2. The lowest BCUT2D eigenvalue weighted by atomic mass is 9.97. The van der Waals surface area contributed by atoms with Gasteiger partial charge in [0.15, 0.2) is 0 Å². The van der Waals surface area contributed by atoms with Crippen LogP contribution in [0, 0.1) is 5.41 Å². The van der Waals surface area contributed by atoms with E-state index >= 15 is 0 Å². The molecule has 0 spiro atoms. The van der Waals surface area contributed by atoms with Gasteiger partial charge in [-0.3, -0.25) is 0 Å². The highest BCUT2D eigenvalue weighted by Crippen LogP contribution is 2.49. The van der Waals surface area contributed by atoms with Crippen LogP contribution in [0.15, 0.2) is 28.7 Å². The third kappa shape index (κ3) is 5.77. The normalized spacial score (nSPS) is 17.9. The standard InChI is InChI=1S/C20H29NO3S/c1-6-24-18(22)16-9-7-15(8-10-16)17(11-12-20(5)13-14-20)21-25(23)19(2,3)4/h7-10H,6,11-14H2,1-5H3/b21-17+. The molecule has 1 fully saturated rings. The van der Waals surface area contributed by atoms with Gasteiger partial charge < -0.3 is 4.74 Å². The highest BCUT2D eigenvalue weighted by molar-refractivity contribution is 7.85. The second-order valence-electron chi connectivity index (χ2n) is 8.01. The molecular formula is C20H29NO3S. The van der Waals surface area contributed by atoms with Gasteiger partial charge in [-0.05, 0) is 76.5 Å². The Morgan fingerprint density at radius 2 is 1.76 bits per heavy atom. The van der Waals surface area contributed by atoms with Gasteiger partial charge in [0.2, 0.25) is 0 Å². The van der Waals surface area contributed by atoms with Crippen molar-refractivity contribution in [2.45, 2.75) is 65.0 Å². The van der Waals surface area contributed by atoms with Crippen LogP contribution in [0.4, 0.5) is 0 Å². The minimum atomic E-state index is -1.30. The van der Waals surface area contributed by atoms with Gasteiger partial charge in [-0.15, -0.1) is 0 Å². The molecule has 0 radical (unpaired) electrons. The Labute approximate surface area is 153 Å². The predicted octanol–water partition coefficient (Wildman–Crippen LogP) is 4.69. The fourth-order valence-electron chi connectivity index (χ4n) is 2.38. The van der Waals surface area contributed by atoms with Crippen LogP contribution in [0.1, 0.15) is 76.2 Å². The SMILES string of the molecule is CCOC(=O)c1ccc(/C(CCC2(C)CC2)=N/S(=O)C(C)(C)C)cc1. The first-order valence-electron chi connectivity index (χ1n) is 8.92. The minimum Gasteiger partial charge on any atom is -0.462 e. The molecule has 138 valence electrons. The Morgan fingerprint density at radius 3 is 2.24 bits per heavy atom. The first kappa shape index (κ1) is 19.8. The van der Waals surface area contributed by atoms with Crippen LogP contribution in [-0.4, -0.2) is 27.2 Å². The Morgan fingerprint density at radius 1 is 1.20 bits per heavy atom. The molecule has 0 saturated heterocycles. The number of carbonyl (C=O) groups is 1. The molecule has 1 unspecified atom stereocenters. The molecule has 1 saturated carbocycles. The van der Waals surface area contributed by atoms with Gasteiger partial charge in [-0.1, -0.05) is 19.1 Å². The van der Waals surface area contributed by atoms with E-state index in [1.807, 2.05) is 32.9 Å². The van der Waals surface area contributed by atoms with Crippen molar-refractivity contribution in [3.63, 3.8) is 0 Å². The topological polar surface area (TPSA) is 55.7 Å². The predicted molar refractivity (Wildman–Crippen MR) is 103 cm³/mol. The molecule has 0 amide bonds. The van der Waals surface area contributed by atoms with Crippen molar-refractivity contribution in [3.05, 3.63) is 35.4 Å². The average molecular weight is 364 g/mol. The maximum atomic E-state index is 12.5. The largest absolute Gasteiger partial charge is 0.462 e. The minimum absolute atomic E-state index is 0.323. The van der Waals surface area contributed by atoms with Crippen molar-refractivity contribution in [1.29, 1.82) is 0 Å². The summed E-state index contributed by atoms with van der Waals surface area (Å²) in [5, 5.41) is 0. The van der Waals surface area contributed by atoms with Gasteiger partial charge in [0.05, 0.1) is 22.6 Å². The van der Waals surface area contributed by atoms with Gasteiger partial charge in [-0.25, -0.2) is 9.00 Å². The van der Waals surface area contributed by atoms with Crippen molar-refractivity contribution in [2.24, 2.45) is 9.81 Å². The molecule has 1 aromatic carbocycles. The van der Waals surface area contributed by atoms with Crippen molar-refractivity contribution >= 4 is 22.7 Å². The summed E-state index contributed by atoms with van der Waals surface area (Å²) in [5.41, 5.74) is 2.72. The third-order valence-electron chi connectivity index (χ3n) is 4.52. The van der Waals surface area contributed by atoms with Crippen LogP contribution in [0.3, 0.4) is 0 Å². The van der Waals surface area contributed by atoms with Gasteiger partial charge in [0, 0.05) is 0 Å². The van der Waals surface area contributed by atoms with Crippen LogP contribution >= 0.6 is 0 Å². The van der Waals surface area contributed by atoms with E-state index in [1.165, 1.54) is 12.8 Å². The zero-order valence-electron chi connectivity index (χ0n) is 15.9. The van der Waals surface area contributed by atoms with E-state index in [0.29, 0.717) is 17.6 Å². The van der Waals surface area contributed by atoms with Gasteiger partial charge in [0.25, 0.3) is 0 Å². The molecule has 1 aromatic rings. The molecule has 1 aliphatic carbocycles. The number of benzene rings is 1. The van der Waals surface area contributed by atoms with Crippen LogP contribution < -0.4 is 0 Å². The smallest absolute Gasteiger partial charge is 0.338 e. The third-order valence-corrected chi connectivity index (χ3v) is 5.95. The lowest BCUT2D eigenvalue weighted by Crippen LogP contribution is -2.21. The first-order chi connectivity index (χ1) is 11.6. The molecular weight excluding hydrogens is 334 g/mol. The number of rotatable bonds is 7. The second-order valence-corrected chi connectivity index (χ2v) is 9.91. The van der Waals surface area contributed by atoms with E-state index < -0.39 is 11.0 Å². The van der Waals surface area contributed by atoms with E-state index in [4.69, 9.17) is 4.74 Å². The first-order valence-corrected chi connectivity index (χ1v) is 10.0. The van der Waals surface area contributed by atoms with E-state index in [0.717, 1.165) is 24.1 Å². The van der Waals surface area contributed by atoms with E-state index in [2.05, 4.69) is 11.3 Å². The maximum Gasteiger partial charge on any atom is 0.338 e. The number of esters is 1.